The third kappa shape index (κ3) is 15.6. The number of hydrogen-bond acceptors (Lipinski definition) is 0. The molecule has 0 amide bonds. The van der Waals surface area contributed by atoms with Gasteiger partial charge in [0.25, 0.3) is 0 Å². The van der Waals surface area contributed by atoms with Crippen molar-refractivity contribution in [1.29, 1.82) is 0 Å². The van der Waals surface area contributed by atoms with E-state index in [1.807, 2.05) is 0 Å². The lowest BCUT2D eigenvalue weighted by Gasteiger charge is -2.49. The van der Waals surface area contributed by atoms with E-state index >= 15 is 0 Å². The average molecular weight is 1960 g/mol. The summed E-state index contributed by atoms with van der Waals surface area (Å²) >= 11 is 0. The van der Waals surface area contributed by atoms with Gasteiger partial charge in [0, 0.05) is 93.6 Å². The van der Waals surface area contributed by atoms with Crippen molar-refractivity contribution in [1.82, 2.24) is 0 Å². The van der Waals surface area contributed by atoms with Crippen molar-refractivity contribution in [2.45, 2.75) is 227 Å². The fourth-order valence-electron chi connectivity index (χ4n) is 26.8. The number of aromatic nitrogens is 5. The van der Waals surface area contributed by atoms with E-state index in [1.54, 1.807) is 0 Å². The summed E-state index contributed by atoms with van der Waals surface area (Å²) in [6, 6.07) is 124. The van der Waals surface area contributed by atoms with Crippen LogP contribution in [0.15, 0.2) is 365 Å². The van der Waals surface area contributed by atoms with E-state index in [1.165, 1.54) is 249 Å². The van der Waals surface area contributed by atoms with E-state index in [0.29, 0.717) is 0 Å². The standard InChI is InChI=1S/5C29H30N/c1-19-14-17-23-26(25(19)24-13-9-10-18-30(24)6)22-16-15-20-11-7-8-12-21(20)27(22)29(4,5)28(23,2)3;1-19-21(25-13-9-10-18-30(25)6)16-17-24-26(19)23-15-14-20-11-7-8-12-22(20)27(23)29(4,5)28(24,2)3;1-19-22(26-13-9-10-16-30(26)6)14-15-24-27(19)23-17-20-11-7-8-12-21(20)18-25(23)29(4,5)28(24,2)3;1-19-17-24-22-15-14-20-11-7-8-12-21(20)27(22)29(4,5)28(2,3)25(24)18-23(19)26-13-9-10-16-30(26)6;1-19-14-15-23-27(26(19)25-13-9-10-16-30(25)6)22-17-20-11-7-8-12-21(20)18-24(22)29(4,5)28(23,2)3/h5*7-18H,1-6H3/q5*+1. The van der Waals surface area contributed by atoms with Crippen LogP contribution in [0.25, 0.3) is 166 Å². The van der Waals surface area contributed by atoms with Crippen LogP contribution in [0.5, 0.6) is 0 Å². The molecule has 0 saturated heterocycles. The molecule has 0 fully saturated rings. The number of nitrogens with zero attached hydrogens (tertiary/aromatic N) is 5. The van der Waals surface area contributed by atoms with Crippen molar-refractivity contribution in [3.63, 3.8) is 0 Å². The quantitative estimate of drug-likeness (QED) is 0.153. The minimum absolute atomic E-state index is 0.00159. The molecule has 25 rings (SSSR count). The SMILES string of the molecule is Cc1c(-c2cccc[n+]2C)ccc2c1-c1cc3ccccc3cc1C(C)(C)C2(C)C.Cc1c(-c2cccc[n+]2C)ccc2c1-c1ccc3ccccc3c1C(C)(C)C2(C)C.Cc1cc2c(cc1-c1cccc[n+]1C)C(C)(C)C(C)(C)c1c-2ccc2ccccc12.Cc1ccc2c(c1-c1cccc[n+]1C)-c1cc3ccccc3cc1C(C)(C)C2(C)C.Cc1ccc2c(c1-c1cccc[n+]1C)-c1ccc3ccccc3c1C(C)(C)C2(C)C. The molecule has 0 aliphatic heterocycles. The third-order valence-electron chi connectivity index (χ3n) is 39.1. The van der Waals surface area contributed by atoms with Crippen molar-refractivity contribution in [2.24, 2.45) is 35.2 Å². The fourth-order valence-corrected chi connectivity index (χ4v) is 26.8. The van der Waals surface area contributed by atoms with E-state index in [9.17, 15) is 0 Å². The Hall–Kier alpha value is -14.7. The van der Waals surface area contributed by atoms with Crippen LogP contribution >= 0.6 is 0 Å². The highest BCUT2D eigenvalue weighted by molar-refractivity contribution is 6.04. The summed E-state index contributed by atoms with van der Waals surface area (Å²) in [6.45, 7) is 59.6. The largest absolute Gasteiger partial charge is 0.213 e. The summed E-state index contributed by atoms with van der Waals surface area (Å²) < 4.78 is 11.1. The van der Waals surface area contributed by atoms with Crippen LogP contribution in [-0.4, -0.2) is 0 Å². The molecule has 0 bridgehead atoms. The molecule has 0 N–H and O–H groups in total. The molecule has 750 valence electrons. The third-order valence-corrected chi connectivity index (χ3v) is 39.1. The summed E-state index contributed by atoms with van der Waals surface area (Å²) in [7, 11) is 10.7. The maximum atomic E-state index is 2.46. The Bertz CT molecular complexity index is 8720. The second-order valence-electron chi connectivity index (χ2n) is 49.2. The zero-order chi connectivity index (χ0) is 106. The van der Waals surface area contributed by atoms with E-state index in [-0.39, 0.29) is 54.1 Å². The summed E-state index contributed by atoms with van der Waals surface area (Å²) in [5, 5.41) is 13.4. The first-order chi connectivity index (χ1) is 71.2. The van der Waals surface area contributed by atoms with Gasteiger partial charge in [0.05, 0.1) is 11.1 Å². The molecule has 5 aliphatic rings. The predicted molar refractivity (Wildman–Crippen MR) is 634 cm³/mol. The molecule has 5 aliphatic carbocycles. The number of fused-ring (bicyclic) bond motifs is 23. The molecule has 0 saturated carbocycles. The number of benzene rings is 15. The molecule has 0 unspecified atom stereocenters. The van der Waals surface area contributed by atoms with Crippen LogP contribution in [0.4, 0.5) is 0 Å². The van der Waals surface area contributed by atoms with Gasteiger partial charge in [0.1, 0.15) is 35.2 Å². The monoisotopic (exact) mass is 1960 g/mol. The smallest absolute Gasteiger partial charge is 0.201 e. The lowest BCUT2D eigenvalue weighted by Crippen LogP contribution is -2.44. The van der Waals surface area contributed by atoms with Crippen molar-refractivity contribution < 1.29 is 22.8 Å². The van der Waals surface area contributed by atoms with E-state index in [0.717, 1.165) is 0 Å². The van der Waals surface area contributed by atoms with Crippen LogP contribution in [-0.2, 0) is 89.4 Å². The van der Waals surface area contributed by atoms with Gasteiger partial charge in [-0.25, -0.2) is 22.8 Å². The summed E-state index contributed by atoms with van der Waals surface area (Å²) in [5.41, 5.74) is 48.3. The lowest BCUT2D eigenvalue weighted by molar-refractivity contribution is -0.660. The number of hydrogen-bond donors (Lipinski definition) is 0. The Balaban J connectivity index is 0.000000109. The molecule has 0 radical (unpaired) electrons. The van der Waals surface area contributed by atoms with Gasteiger partial charge in [-0.1, -0.05) is 339 Å². The van der Waals surface area contributed by atoms with Crippen LogP contribution in [0.3, 0.4) is 0 Å². The van der Waals surface area contributed by atoms with Gasteiger partial charge in [-0.3, -0.25) is 0 Å². The second-order valence-corrected chi connectivity index (χ2v) is 49.2. The van der Waals surface area contributed by atoms with Gasteiger partial charge < -0.3 is 0 Å². The molecule has 5 heteroatoms. The topological polar surface area (TPSA) is 19.4 Å². The van der Waals surface area contributed by atoms with E-state index < -0.39 is 0 Å². The summed E-state index contributed by atoms with van der Waals surface area (Å²) in [6.07, 6.45) is 10.7. The maximum Gasteiger partial charge on any atom is 0.213 e. The van der Waals surface area contributed by atoms with Gasteiger partial charge in [-0.15, -0.1) is 0 Å². The van der Waals surface area contributed by atoms with Gasteiger partial charge in [0.15, 0.2) is 31.0 Å². The second kappa shape index (κ2) is 36.6. The first-order valence-corrected chi connectivity index (χ1v) is 54.3. The Labute approximate surface area is 892 Å². The number of aryl methyl sites for hydroxylation is 8. The highest BCUT2D eigenvalue weighted by Crippen LogP contribution is 2.64. The lowest BCUT2D eigenvalue weighted by atomic mass is 9.54. The van der Waals surface area contributed by atoms with E-state index in [2.05, 4.69) is 596 Å². The van der Waals surface area contributed by atoms with Gasteiger partial charge in [-0.2, -0.15) is 0 Å². The summed E-state index contributed by atoms with van der Waals surface area (Å²) in [4.78, 5) is 0. The Kier molecular flexibility index (Phi) is 24.7. The fraction of sp³-hybridized carbons (Fsp3) is 0.276. The van der Waals surface area contributed by atoms with Crippen molar-refractivity contribution in [3.05, 3.63) is 448 Å². The maximum absolute atomic E-state index is 2.46. The normalized spacial score (nSPS) is 16.2. The first-order valence-electron chi connectivity index (χ1n) is 54.3. The minimum atomic E-state index is -0.00470. The average Bonchev–Trinajstić information content (AvgIpc) is 0.690. The Morgan fingerprint density at radius 1 is 0.153 bits per heavy atom. The molecule has 5 nitrogen and oxygen atoms in total. The zero-order valence-corrected chi connectivity index (χ0v) is 94.4. The number of rotatable bonds is 5. The van der Waals surface area contributed by atoms with Gasteiger partial charge in [0.2, 0.25) is 28.5 Å². The zero-order valence-electron chi connectivity index (χ0n) is 94.4. The summed E-state index contributed by atoms with van der Waals surface area (Å²) in [5.74, 6) is 0. The highest BCUT2D eigenvalue weighted by atomic mass is 14.9. The minimum Gasteiger partial charge on any atom is -0.201 e. The molecular weight excluding hydrogens is 1810 g/mol. The molecule has 0 spiro atoms. The van der Waals surface area contributed by atoms with Crippen molar-refractivity contribution >= 4 is 53.9 Å². The molecule has 5 heterocycles. The van der Waals surface area contributed by atoms with Crippen LogP contribution in [0.2, 0.25) is 0 Å². The Morgan fingerprint density at radius 3 is 0.767 bits per heavy atom. The molecule has 20 aromatic rings. The molecule has 15 aromatic carbocycles. The molecule has 150 heavy (non-hydrogen) atoms. The molecule has 5 aromatic heterocycles. The van der Waals surface area contributed by atoms with E-state index in [4.69, 9.17) is 0 Å². The first kappa shape index (κ1) is 101. The van der Waals surface area contributed by atoms with Crippen LogP contribution in [0.1, 0.15) is 222 Å². The van der Waals surface area contributed by atoms with Crippen molar-refractivity contribution in [2.75, 3.05) is 0 Å². The highest BCUT2D eigenvalue weighted by Gasteiger charge is 2.54. The Morgan fingerprint density at radius 2 is 0.400 bits per heavy atom. The van der Waals surface area contributed by atoms with Crippen LogP contribution in [0, 0.1) is 34.6 Å². The van der Waals surface area contributed by atoms with Crippen molar-refractivity contribution in [3.8, 4) is 112 Å². The van der Waals surface area contributed by atoms with Gasteiger partial charge >= 0.3 is 0 Å². The van der Waals surface area contributed by atoms with Crippen LogP contribution < -0.4 is 22.8 Å². The molecular formula is C145H150N5+5. The van der Waals surface area contributed by atoms with Gasteiger partial charge in [-0.05, 0) is 338 Å². The number of pyridine rings is 5. The molecule has 0 atom stereocenters. The predicted octanol–water partition coefficient (Wildman–Crippen LogP) is 34.4.